The van der Waals surface area contributed by atoms with Gasteiger partial charge in [-0.15, -0.1) is 10.2 Å². The van der Waals surface area contributed by atoms with Crippen LogP contribution in [0, 0.1) is 0 Å². The van der Waals surface area contributed by atoms with Crippen molar-refractivity contribution in [2.45, 2.75) is 25.4 Å². The molecule has 20 heavy (non-hydrogen) atoms. The average molecular weight is 294 g/mol. The molecule has 1 fully saturated rings. The fourth-order valence-electron chi connectivity index (χ4n) is 2.51. The monoisotopic (exact) mass is 293 g/mol. The van der Waals surface area contributed by atoms with Gasteiger partial charge in [-0.3, -0.25) is 4.90 Å². The van der Waals surface area contributed by atoms with Crippen LogP contribution in [0.5, 0.6) is 0 Å². The number of nitrogens with zero attached hydrogens (tertiary/aromatic N) is 3. The molecule has 1 aliphatic heterocycles. The van der Waals surface area contributed by atoms with Gasteiger partial charge in [0.2, 0.25) is 11.8 Å². The maximum atomic E-state index is 9.30. The summed E-state index contributed by atoms with van der Waals surface area (Å²) in [5.41, 5.74) is 0.855. The van der Waals surface area contributed by atoms with Gasteiger partial charge in [-0.2, -0.15) is 0 Å². The Labute approximate surface area is 122 Å². The molecule has 1 N–H and O–H groups in total. The van der Waals surface area contributed by atoms with E-state index in [4.69, 9.17) is 16.0 Å². The maximum Gasteiger partial charge on any atom is 0.247 e. The Balaban J connectivity index is 1.72. The average Bonchev–Trinajstić information content (AvgIpc) is 3.09. The minimum atomic E-state index is 0.179. The van der Waals surface area contributed by atoms with Crippen LogP contribution in [0.4, 0.5) is 0 Å². The van der Waals surface area contributed by atoms with Crippen molar-refractivity contribution in [3.8, 4) is 11.5 Å². The number of aliphatic hydroxyl groups is 1. The summed E-state index contributed by atoms with van der Waals surface area (Å²) in [6.45, 7) is 1.73. The Morgan fingerprint density at radius 2 is 2.10 bits per heavy atom. The molecule has 0 spiro atoms. The van der Waals surface area contributed by atoms with Gasteiger partial charge in [0.15, 0.2) is 0 Å². The van der Waals surface area contributed by atoms with Gasteiger partial charge in [0.25, 0.3) is 0 Å². The number of halogens is 1. The van der Waals surface area contributed by atoms with Gasteiger partial charge in [-0.25, -0.2) is 0 Å². The molecule has 1 atom stereocenters. The van der Waals surface area contributed by atoms with Gasteiger partial charge in [-0.05, 0) is 43.7 Å². The summed E-state index contributed by atoms with van der Waals surface area (Å²) in [5, 5.41) is 18.1. The molecule has 0 saturated carbocycles. The minimum absolute atomic E-state index is 0.179. The van der Waals surface area contributed by atoms with E-state index in [0.717, 1.165) is 24.9 Å². The molecule has 1 aliphatic rings. The molecule has 1 aromatic carbocycles. The van der Waals surface area contributed by atoms with Crippen molar-refractivity contribution in [1.29, 1.82) is 0 Å². The lowest BCUT2D eigenvalue weighted by Gasteiger charge is -2.20. The molecule has 3 rings (SSSR count). The number of hydrogen-bond donors (Lipinski definition) is 1. The van der Waals surface area contributed by atoms with E-state index >= 15 is 0 Å². The molecule has 1 saturated heterocycles. The molecule has 0 unspecified atom stereocenters. The number of benzene rings is 1. The van der Waals surface area contributed by atoms with Gasteiger partial charge in [-0.1, -0.05) is 11.6 Å². The smallest absolute Gasteiger partial charge is 0.247 e. The molecule has 0 aliphatic carbocycles. The predicted molar refractivity (Wildman–Crippen MR) is 75.3 cm³/mol. The first-order chi connectivity index (χ1) is 9.76. The van der Waals surface area contributed by atoms with Crippen molar-refractivity contribution >= 4 is 11.6 Å². The zero-order valence-corrected chi connectivity index (χ0v) is 11.8. The lowest BCUT2D eigenvalue weighted by molar-refractivity contribution is 0.144. The number of likely N-dealkylation sites (tertiary alicyclic amines) is 1. The third-order valence-corrected chi connectivity index (χ3v) is 3.86. The molecule has 0 bridgehead atoms. The van der Waals surface area contributed by atoms with Crippen LogP contribution in [0.1, 0.15) is 18.7 Å². The van der Waals surface area contributed by atoms with Crippen LogP contribution in [0.3, 0.4) is 0 Å². The van der Waals surface area contributed by atoms with Crippen LogP contribution < -0.4 is 0 Å². The van der Waals surface area contributed by atoms with E-state index in [2.05, 4.69) is 15.1 Å². The summed E-state index contributed by atoms with van der Waals surface area (Å²) >= 11 is 5.85. The van der Waals surface area contributed by atoms with E-state index < -0.39 is 0 Å². The van der Waals surface area contributed by atoms with E-state index in [0.29, 0.717) is 23.3 Å². The molecule has 1 aromatic heterocycles. The van der Waals surface area contributed by atoms with Crippen molar-refractivity contribution in [3.05, 3.63) is 35.2 Å². The van der Waals surface area contributed by atoms with Crippen LogP contribution in [0.2, 0.25) is 5.02 Å². The Kier molecular flexibility index (Phi) is 4.00. The molecule has 2 aromatic rings. The number of aliphatic hydroxyl groups excluding tert-OH is 1. The molecule has 5 nitrogen and oxygen atoms in total. The van der Waals surface area contributed by atoms with Gasteiger partial charge < -0.3 is 9.52 Å². The fraction of sp³-hybridized carbons (Fsp3) is 0.429. The number of aromatic nitrogens is 2. The molecule has 0 amide bonds. The second kappa shape index (κ2) is 5.91. The summed E-state index contributed by atoms with van der Waals surface area (Å²) in [6, 6.07) is 7.50. The largest absolute Gasteiger partial charge is 0.419 e. The van der Waals surface area contributed by atoms with Crippen molar-refractivity contribution in [1.82, 2.24) is 15.1 Å². The Morgan fingerprint density at radius 1 is 1.30 bits per heavy atom. The topological polar surface area (TPSA) is 62.4 Å². The molecule has 0 radical (unpaired) electrons. The predicted octanol–water partition coefficient (Wildman–Crippen LogP) is 2.35. The zero-order valence-electron chi connectivity index (χ0n) is 11.0. The highest BCUT2D eigenvalue weighted by molar-refractivity contribution is 6.30. The highest BCUT2D eigenvalue weighted by Crippen LogP contribution is 2.23. The lowest BCUT2D eigenvalue weighted by Crippen LogP contribution is -2.31. The first-order valence-corrected chi connectivity index (χ1v) is 7.07. The molecule has 106 valence electrons. The highest BCUT2D eigenvalue weighted by Gasteiger charge is 2.25. The van der Waals surface area contributed by atoms with E-state index in [1.165, 1.54) is 0 Å². The second-order valence-corrected chi connectivity index (χ2v) is 5.39. The summed E-state index contributed by atoms with van der Waals surface area (Å²) in [6.07, 6.45) is 2.12. The van der Waals surface area contributed by atoms with Crippen molar-refractivity contribution in [2.24, 2.45) is 0 Å². The van der Waals surface area contributed by atoms with E-state index in [-0.39, 0.29) is 12.6 Å². The summed E-state index contributed by atoms with van der Waals surface area (Å²) < 4.78 is 5.68. The standard InChI is InChI=1S/C14H16ClN3O2/c15-11-5-3-10(4-6-11)14-17-16-13(20-14)8-18-7-1-2-12(18)9-19/h3-6,12,19H,1-2,7-9H2/t12-/m0/s1. The zero-order chi connectivity index (χ0) is 13.9. The highest BCUT2D eigenvalue weighted by atomic mass is 35.5. The van der Waals surface area contributed by atoms with E-state index in [1.54, 1.807) is 12.1 Å². The maximum absolute atomic E-state index is 9.30. The normalized spacial score (nSPS) is 19.6. The Morgan fingerprint density at radius 3 is 2.85 bits per heavy atom. The summed E-state index contributed by atoms with van der Waals surface area (Å²) in [4.78, 5) is 2.18. The van der Waals surface area contributed by atoms with Crippen molar-refractivity contribution in [2.75, 3.05) is 13.2 Å². The van der Waals surface area contributed by atoms with Gasteiger partial charge in [0, 0.05) is 16.6 Å². The lowest BCUT2D eigenvalue weighted by atomic mass is 10.2. The first kappa shape index (κ1) is 13.5. The van der Waals surface area contributed by atoms with Crippen LogP contribution in [0.15, 0.2) is 28.7 Å². The molecule has 6 heteroatoms. The van der Waals surface area contributed by atoms with Crippen LogP contribution >= 0.6 is 11.6 Å². The van der Waals surface area contributed by atoms with Crippen LogP contribution in [0.25, 0.3) is 11.5 Å². The van der Waals surface area contributed by atoms with Gasteiger partial charge >= 0.3 is 0 Å². The third kappa shape index (κ3) is 2.85. The Hall–Kier alpha value is -1.43. The van der Waals surface area contributed by atoms with Crippen molar-refractivity contribution in [3.63, 3.8) is 0 Å². The minimum Gasteiger partial charge on any atom is -0.419 e. The Bertz CT molecular complexity index is 570. The van der Waals surface area contributed by atoms with E-state index in [1.807, 2.05) is 12.1 Å². The first-order valence-electron chi connectivity index (χ1n) is 6.69. The fourth-order valence-corrected chi connectivity index (χ4v) is 2.64. The third-order valence-electron chi connectivity index (χ3n) is 3.61. The van der Waals surface area contributed by atoms with E-state index in [9.17, 15) is 5.11 Å². The quantitative estimate of drug-likeness (QED) is 0.937. The van der Waals surface area contributed by atoms with Crippen molar-refractivity contribution < 1.29 is 9.52 Å². The number of hydrogen-bond acceptors (Lipinski definition) is 5. The second-order valence-electron chi connectivity index (χ2n) is 4.96. The summed E-state index contributed by atoms with van der Waals surface area (Å²) in [5.74, 6) is 1.08. The van der Waals surface area contributed by atoms with Gasteiger partial charge in [0.05, 0.1) is 13.2 Å². The number of rotatable bonds is 4. The molecule has 2 heterocycles. The SMILES string of the molecule is OC[C@@H]1CCCN1Cc1nnc(-c2ccc(Cl)cc2)o1. The van der Waals surface area contributed by atoms with Crippen LogP contribution in [-0.2, 0) is 6.54 Å². The van der Waals surface area contributed by atoms with Gasteiger partial charge in [0.1, 0.15) is 0 Å². The molecular weight excluding hydrogens is 278 g/mol. The van der Waals surface area contributed by atoms with Crippen LogP contribution in [-0.4, -0.2) is 39.4 Å². The molecular formula is C14H16ClN3O2. The summed E-state index contributed by atoms with van der Waals surface area (Å²) in [7, 11) is 0.